The van der Waals surface area contributed by atoms with Crippen LogP contribution in [0.3, 0.4) is 0 Å². The molecule has 0 radical (unpaired) electrons. The second-order valence-corrected chi connectivity index (χ2v) is 10.1. The zero-order valence-electron chi connectivity index (χ0n) is 21.6. The third kappa shape index (κ3) is 3.47. The fraction of sp³-hybridized carbons (Fsp3) is 0.407. The highest BCUT2D eigenvalue weighted by atomic mass is 19.1. The molecule has 2 aromatic heterocycles. The number of nitriles is 1. The van der Waals surface area contributed by atoms with Crippen molar-refractivity contribution >= 4 is 46.4 Å². The number of ether oxygens (including phenoxy) is 1. The predicted molar refractivity (Wildman–Crippen MR) is 146 cm³/mol. The standard InChI is InChI=1S/C27H31BFN5O2/c1-14(2)34-24-19(26(35)22-18-7-6-17(10-30)8-20(18)31-27(22)34)9-21(36-5)25(23(24)29)32-11-15(3)33(13-28)16(4)12-32/h6-9,14-16,31H,11-13,28H2,1-5H3/t15-,16+. The third-order valence-corrected chi connectivity index (χ3v) is 7.56. The van der Waals surface area contributed by atoms with E-state index >= 15 is 4.39 Å². The molecule has 2 aromatic carbocycles. The van der Waals surface area contributed by atoms with Gasteiger partial charge in [0.15, 0.2) is 11.2 Å². The van der Waals surface area contributed by atoms with Crippen molar-refractivity contribution in [3.8, 4) is 11.8 Å². The number of halogens is 1. The Labute approximate surface area is 210 Å². The van der Waals surface area contributed by atoms with E-state index in [9.17, 15) is 10.1 Å². The quantitative estimate of drug-likeness (QED) is 0.444. The lowest BCUT2D eigenvalue weighted by molar-refractivity contribution is 0.158. The number of rotatable bonds is 4. The van der Waals surface area contributed by atoms with Crippen LogP contribution in [0.1, 0.15) is 39.3 Å². The summed E-state index contributed by atoms with van der Waals surface area (Å²) in [5, 5.41) is 10.8. The molecule has 0 unspecified atom stereocenters. The number of fused-ring (bicyclic) bond motifs is 4. The van der Waals surface area contributed by atoms with Crippen molar-refractivity contribution in [2.75, 3.05) is 31.5 Å². The number of nitrogens with one attached hydrogen (secondary N) is 1. The fourth-order valence-corrected chi connectivity index (χ4v) is 6.05. The van der Waals surface area contributed by atoms with E-state index in [0.29, 0.717) is 52.0 Å². The molecule has 186 valence electrons. The van der Waals surface area contributed by atoms with Gasteiger partial charge >= 0.3 is 0 Å². The predicted octanol–water partition coefficient (Wildman–Crippen LogP) is 3.73. The van der Waals surface area contributed by atoms with Crippen LogP contribution in [-0.4, -0.2) is 61.0 Å². The second kappa shape index (κ2) is 8.86. The van der Waals surface area contributed by atoms with Gasteiger partial charge in [0.1, 0.15) is 24.9 Å². The number of H-pyrrole nitrogens is 1. The number of hydrogen-bond donors (Lipinski definition) is 1. The van der Waals surface area contributed by atoms with Gasteiger partial charge in [-0.05, 0) is 52.3 Å². The highest BCUT2D eigenvalue weighted by Gasteiger charge is 2.33. The molecule has 1 N–H and O–H groups in total. The molecule has 2 atom stereocenters. The van der Waals surface area contributed by atoms with E-state index in [1.165, 1.54) is 7.11 Å². The first-order valence-corrected chi connectivity index (χ1v) is 12.5. The second-order valence-electron chi connectivity index (χ2n) is 10.1. The van der Waals surface area contributed by atoms with Gasteiger partial charge in [0, 0.05) is 42.1 Å². The monoisotopic (exact) mass is 487 g/mol. The van der Waals surface area contributed by atoms with Gasteiger partial charge in [-0.2, -0.15) is 5.26 Å². The number of aromatic amines is 1. The molecule has 1 fully saturated rings. The van der Waals surface area contributed by atoms with Crippen LogP contribution in [0.2, 0.25) is 0 Å². The number of methoxy groups -OCH3 is 1. The molecule has 0 aliphatic carbocycles. The number of anilines is 1. The van der Waals surface area contributed by atoms with Crippen LogP contribution in [0, 0.1) is 17.1 Å². The van der Waals surface area contributed by atoms with E-state index in [1.807, 2.05) is 18.4 Å². The lowest BCUT2D eigenvalue weighted by atomic mass is 10.0. The van der Waals surface area contributed by atoms with Crippen LogP contribution in [0.4, 0.5) is 10.1 Å². The van der Waals surface area contributed by atoms with Crippen molar-refractivity contribution in [1.29, 1.82) is 5.26 Å². The molecule has 1 aliphatic heterocycles. The van der Waals surface area contributed by atoms with Crippen LogP contribution in [0.25, 0.3) is 32.8 Å². The van der Waals surface area contributed by atoms with Gasteiger partial charge in [-0.1, -0.05) is 6.07 Å². The minimum absolute atomic E-state index is 0.135. The molecule has 0 bridgehead atoms. The van der Waals surface area contributed by atoms with Crippen molar-refractivity contribution in [3.63, 3.8) is 0 Å². The highest BCUT2D eigenvalue weighted by molar-refractivity contribution is 6.10. The Hall–Kier alpha value is -3.51. The molecule has 0 saturated carbocycles. The molecule has 1 aliphatic rings. The molecule has 3 heterocycles. The number of piperazine rings is 1. The highest BCUT2D eigenvalue weighted by Crippen LogP contribution is 2.40. The zero-order chi connectivity index (χ0) is 25.9. The van der Waals surface area contributed by atoms with Crippen molar-refractivity contribution in [2.45, 2.75) is 45.8 Å². The van der Waals surface area contributed by atoms with Gasteiger partial charge in [-0.25, -0.2) is 4.39 Å². The number of nitrogens with zero attached hydrogens (tertiary/aromatic N) is 4. The van der Waals surface area contributed by atoms with Crippen molar-refractivity contribution < 1.29 is 9.13 Å². The Morgan fingerprint density at radius 2 is 1.92 bits per heavy atom. The summed E-state index contributed by atoms with van der Waals surface area (Å²) in [5.41, 5.74) is 2.14. The number of benzene rings is 2. The Bertz CT molecular complexity index is 1590. The van der Waals surface area contributed by atoms with Gasteiger partial charge in [-0.15, -0.1) is 0 Å². The van der Waals surface area contributed by atoms with E-state index in [0.717, 1.165) is 6.44 Å². The largest absolute Gasteiger partial charge is 0.494 e. The van der Waals surface area contributed by atoms with Crippen LogP contribution < -0.4 is 15.1 Å². The summed E-state index contributed by atoms with van der Waals surface area (Å²) in [6, 6.07) is 9.39. The van der Waals surface area contributed by atoms with Crippen LogP contribution >= 0.6 is 0 Å². The van der Waals surface area contributed by atoms with E-state index < -0.39 is 5.82 Å². The lowest BCUT2D eigenvalue weighted by Crippen LogP contribution is -2.57. The molecule has 1 saturated heterocycles. The first-order valence-electron chi connectivity index (χ1n) is 12.5. The Balaban J connectivity index is 1.86. The average molecular weight is 487 g/mol. The SMILES string of the molecule is BCN1[C@H](C)CN(c2c(OC)cc3c(=O)c4c5ccc(C#N)cc5[nH]c4n(C(C)C)c3c2F)C[C@@H]1C. The van der Waals surface area contributed by atoms with Gasteiger partial charge < -0.3 is 24.1 Å². The smallest absolute Gasteiger partial charge is 0.199 e. The molecule has 4 aromatic rings. The molecule has 36 heavy (non-hydrogen) atoms. The molecule has 5 rings (SSSR count). The third-order valence-electron chi connectivity index (χ3n) is 7.56. The van der Waals surface area contributed by atoms with Gasteiger partial charge in [0.25, 0.3) is 0 Å². The van der Waals surface area contributed by atoms with Gasteiger partial charge in [0.2, 0.25) is 0 Å². The van der Waals surface area contributed by atoms with Crippen molar-refractivity contribution in [3.05, 3.63) is 45.9 Å². The molecule has 0 amide bonds. The summed E-state index contributed by atoms with van der Waals surface area (Å²) in [6.07, 6.45) is 0.937. The minimum Gasteiger partial charge on any atom is -0.494 e. The molecular weight excluding hydrogens is 456 g/mol. The maximum atomic E-state index is 16.7. The molecular formula is C27H31BFN5O2. The van der Waals surface area contributed by atoms with Crippen LogP contribution in [0.15, 0.2) is 29.1 Å². The fourth-order valence-electron chi connectivity index (χ4n) is 6.05. The maximum Gasteiger partial charge on any atom is 0.199 e. The summed E-state index contributed by atoms with van der Waals surface area (Å²) in [7, 11) is 3.67. The summed E-state index contributed by atoms with van der Waals surface area (Å²) < 4.78 is 24.2. The van der Waals surface area contributed by atoms with Crippen molar-refractivity contribution in [2.24, 2.45) is 0 Å². The van der Waals surface area contributed by atoms with E-state index in [-0.39, 0.29) is 34.5 Å². The zero-order valence-corrected chi connectivity index (χ0v) is 21.6. The summed E-state index contributed by atoms with van der Waals surface area (Å²) >= 11 is 0. The molecule has 7 nitrogen and oxygen atoms in total. The normalized spacial score (nSPS) is 19.0. The summed E-state index contributed by atoms with van der Waals surface area (Å²) in [5.74, 6) is -0.0829. The molecule has 9 heteroatoms. The first kappa shape index (κ1) is 24.2. The van der Waals surface area contributed by atoms with E-state index in [2.05, 4.69) is 42.5 Å². The van der Waals surface area contributed by atoms with Crippen LogP contribution in [-0.2, 0) is 0 Å². The van der Waals surface area contributed by atoms with Gasteiger partial charge in [0.05, 0.1) is 35.0 Å². The lowest BCUT2D eigenvalue weighted by Gasteiger charge is -2.45. The van der Waals surface area contributed by atoms with Crippen LogP contribution in [0.5, 0.6) is 5.75 Å². The van der Waals surface area contributed by atoms with E-state index in [4.69, 9.17) is 4.74 Å². The topological polar surface area (TPSA) is 77.3 Å². The Morgan fingerprint density at radius 1 is 1.22 bits per heavy atom. The van der Waals surface area contributed by atoms with Gasteiger partial charge in [-0.3, -0.25) is 4.79 Å². The molecule has 0 spiro atoms. The number of pyridine rings is 1. The number of aromatic nitrogens is 2. The van der Waals surface area contributed by atoms with Crippen molar-refractivity contribution in [1.82, 2.24) is 14.5 Å². The summed E-state index contributed by atoms with van der Waals surface area (Å²) in [6.45, 7) is 9.59. The minimum atomic E-state index is -0.447. The maximum absolute atomic E-state index is 16.7. The Kier molecular flexibility index (Phi) is 5.96. The van der Waals surface area contributed by atoms with E-state index in [1.54, 1.807) is 24.3 Å². The summed E-state index contributed by atoms with van der Waals surface area (Å²) in [4.78, 5) is 21.6. The first-order chi connectivity index (χ1) is 17.2. The average Bonchev–Trinajstić information content (AvgIpc) is 3.22. The number of hydrogen-bond acceptors (Lipinski definition) is 5. The Morgan fingerprint density at radius 3 is 2.50 bits per heavy atom.